The summed E-state index contributed by atoms with van der Waals surface area (Å²) < 4.78 is 5.25. The molecule has 0 unspecified atom stereocenters. The summed E-state index contributed by atoms with van der Waals surface area (Å²) in [5, 5.41) is 0. The van der Waals surface area contributed by atoms with Gasteiger partial charge < -0.3 is 9.64 Å². The van der Waals surface area contributed by atoms with E-state index in [1.165, 1.54) is 0 Å². The second-order valence-corrected chi connectivity index (χ2v) is 7.24. The van der Waals surface area contributed by atoms with Gasteiger partial charge in [-0.1, -0.05) is 48.9 Å². The molecule has 5 nitrogen and oxygen atoms in total. The van der Waals surface area contributed by atoms with Gasteiger partial charge in [-0.05, 0) is 37.5 Å². The summed E-state index contributed by atoms with van der Waals surface area (Å²) in [6, 6.07) is 13.2. The molecule has 0 spiro atoms. The van der Waals surface area contributed by atoms with Crippen molar-refractivity contribution in [3.8, 4) is 0 Å². The number of hydrogen-bond acceptors (Lipinski definition) is 4. The number of carbonyl (C=O) groups excluding carboxylic acids is 3. The minimum absolute atomic E-state index is 0.0939. The molecule has 0 aromatic heterocycles. The number of para-hydroxylation sites is 1. The highest BCUT2D eigenvalue weighted by Gasteiger charge is 2.37. The quantitative estimate of drug-likeness (QED) is 0.568. The molecule has 146 valence electrons. The molecule has 2 aromatic rings. The van der Waals surface area contributed by atoms with Crippen LogP contribution in [0, 0.1) is 19.8 Å². The summed E-state index contributed by atoms with van der Waals surface area (Å²) in [5.74, 6) is -1.38. The van der Waals surface area contributed by atoms with Gasteiger partial charge in [-0.15, -0.1) is 0 Å². The first-order chi connectivity index (χ1) is 13.4. The molecule has 0 N–H and O–H groups in total. The van der Waals surface area contributed by atoms with Crippen molar-refractivity contribution in [1.29, 1.82) is 0 Å². The number of ketones is 1. The predicted molar refractivity (Wildman–Crippen MR) is 107 cm³/mol. The third kappa shape index (κ3) is 4.14. The summed E-state index contributed by atoms with van der Waals surface area (Å²) in [4.78, 5) is 38.9. The fourth-order valence-corrected chi connectivity index (χ4v) is 3.63. The lowest BCUT2D eigenvalue weighted by atomic mass is 10.0. The van der Waals surface area contributed by atoms with E-state index in [9.17, 15) is 14.4 Å². The highest BCUT2D eigenvalue weighted by atomic mass is 16.5. The highest BCUT2D eigenvalue weighted by Crippen LogP contribution is 2.29. The van der Waals surface area contributed by atoms with E-state index in [1.54, 1.807) is 11.0 Å². The maximum atomic E-state index is 12.4. The Morgan fingerprint density at radius 3 is 2.61 bits per heavy atom. The Morgan fingerprint density at radius 2 is 1.89 bits per heavy atom. The minimum Gasteiger partial charge on any atom is -0.457 e. The molecule has 3 rings (SSSR count). The van der Waals surface area contributed by atoms with Gasteiger partial charge in [-0.2, -0.15) is 0 Å². The molecule has 1 amide bonds. The van der Waals surface area contributed by atoms with Gasteiger partial charge in [0.05, 0.1) is 5.92 Å². The number of amides is 1. The topological polar surface area (TPSA) is 63.7 Å². The van der Waals surface area contributed by atoms with Crippen molar-refractivity contribution < 1.29 is 19.1 Å². The van der Waals surface area contributed by atoms with E-state index in [0.717, 1.165) is 28.8 Å². The molecule has 0 aliphatic carbocycles. The van der Waals surface area contributed by atoms with E-state index >= 15 is 0 Å². The standard InChI is InChI=1S/C23H25NO4/c1-4-17-7-5-6-8-20(17)24-13-18(12-22(24)26)23(27)28-14-21(25)19-10-9-15(2)11-16(19)3/h5-11,18H,4,12-14H2,1-3H3/t18-/m0/s1. The largest absolute Gasteiger partial charge is 0.457 e. The lowest BCUT2D eigenvalue weighted by Gasteiger charge is -2.19. The smallest absolute Gasteiger partial charge is 0.311 e. The maximum Gasteiger partial charge on any atom is 0.311 e. The molecule has 0 saturated carbocycles. The third-order valence-corrected chi connectivity index (χ3v) is 5.15. The number of benzene rings is 2. The summed E-state index contributed by atoms with van der Waals surface area (Å²) in [6.45, 7) is 5.83. The van der Waals surface area contributed by atoms with E-state index < -0.39 is 11.9 Å². The molecule has 0 bridgehead atoms. The van der Waals surface area contributed by atoms with E-state index in [2.05, 4.69) is 0 Å². The van der Waals surface area contributed by atoms with Crippen LogP contribution in [0.15, 0.2) is 42.5 Å². The number of esters is 1. The van der Waals surface area contributed by atoms with Crippen LogP contribution in [-0.4, -0.2) is 30.8 Å². The lowest BCUT2D eigenvalue weighted by Crippen LogP contribution is -2.28. The van der Waals surface area contributed by atoms with Crippen molar-refractivity contribution in [3.63, 3.8) is 0 Å². The number of aryl methyl sites for hydroxylation is 3. The molecule has 28 heavy (non-hydrogen) atoms. The Kier molecular flexibility index (Phi) is 5.93. The number of rotatable bonds is 6. The van der Waals surface area contributed by atoms with Gasteiger partial charge in [0.15, 0.2) is 6.61 Å². The first-order valence-electron chi connectivity index (χ1n) is 9.56. The van der Waals surface area contributed by atoms with Gasteiger partial charge in [-0.25, -0.2) is 0 Å². The van der Waals surface area contributed by atoms with E-state index in [0.29, 0.717) is 5.56 Å². The summed E-state index contributed by atoms with van der Waals surface area (Å²) in [7, 11) is 0. The second kappa shape index (κ2) is 8.38. The number of carbonyl (C=O) groups is 3. The molecule has 2 aromatic carbocycles. The Morgan fingerprint density at radius 1 is 1.14 bits per heavy atom. The van der Waals surface area contributed by atoms with Gasteiger partial charge >= 0.3 is 5.97 Å². The zero-order valence-corrected chi connectivity index (χ0v) is 16.5. The van der Waals surface area contributed by atoms with E-state index in [1.807, 2.05) is 57.2 Å². The molecule has 1 aliphatic heterocycles. The first kappa shape index (κ1) is 19.8. The van der Waals surface area contributed by atoms with Gasteiger partial charge in [0.1, 0.15) is 0 Å². The molecule has 1 saturated heterocycles. The SMILES string of the molecule is CCc1ccccc1N1C[C@@H](C(=O)OCC(=O)c2ccc(C)cc2C)CC1=O. The Balaban J connectivity index is 1.62. The molecule has 0 radical (unpaired) electrons. The highest BCUT2D eigenvalue weighted by molar-refractivity contribution is 6.01. The second-order valence-electron chi connectivity index (χ2n) is 7.24. The third-order valence-electron chi connectivity index (χ3n) is 5.15. The van der Waals surface area contributed by atoms with Crippen molar-refractivity contribution in [2.75, 3.05) is 18.1 Å². The molecular weight excluding hydrogens is 354 g/mol. The van der Waals surface area contributed by atoms with Crippen LogP contribution in [0.25, 0.3) is 0 Å². The Bertz CT molecular complexity index is 919. The number of anilines is 1. The predicted octanol–water partition coefficient (Wildman–Crippen LogP) is 3.64. The molecule has 1 aliphatic rings. The summed E-state index contributed by atoms with van der Waals surface area (Å²) in [5.41, 5.74) is 4.40. The minimum atomic E-state index is -0.552. The molecular formula is C23H25NO4. The molecule has 1 atom stereocenters. The van der Waals surface area contributed by atoms with Crippen LogP contribution >= 0.6 is 0 Å². The first-order valence-corrected chi connectivity index (χ1v) is 9.56. The monoisotopic (exact) mass is 379 g/mol. The normalized spacial score (nSPS) is 16.3. The summed E-state index contributed by atoms with van der Waals surface area (Å²) >= 11 is 0. The summed E-state index contributed by atoms with van der Waals surface area (Å²) in [6.07, 6.45) is 0.911. The zero-order chi connectivity index (χ0) is 20.3. The fraction of sp³-hybridized carbons (Fsp3) is 0.348. The number of nitrogens with zero attached hydrogens (tertiary/aromatic N) is 1. The fourth-order valence-electron chi connectivity index (χ4n) is 3.63. The van der Waals surface area contributed by atoms with Crippen LogP contribution in [0.4, 0.5) is 5.69 Å². The van der Waals surface area contributed by atoms with Crippen LogP contribution in [-0.2, 0) is 20.7 Å². The van der Waals surface area contributed by atoms with Crippen molar-refractivity contribution in [2.24, 2.45) is 5.92 Å². The van der Waals surface area contributed by atoms with Crippen LogP contribution in [0.1, 0.15) is 40.4 Å². The van der Waals surface area contributed by atoms with Crippen LogP contribution in [0.2, 0.25) is 0 Å². The van der Waals surface area contributed by atoms with Gasteiger partial charge in [-0.3, -0.25) is 14.4 Å². The number of ether oxygens (including phenoxy) is 1. The molecule has 5 heteroatoms. The van der Waals surface area contributed by atoms with Gasteiger partial charge in [0.25, 0.3) is 0 Å². The molecule has 1 heterocycles. The average molecular weight is 379 g/mol. The van der Waals surface area contributed by atoms with Crippen molar-refractivity contribution in [1.82, 2.24) is 0 Å². The Hall–Kier alpha value is -2.95. The number of hydrogen-bond donors (Lipinski definition) is 0. The maximum absolute atomic E-state index is 12.4. The van der Waals surface area contributed by atoms with Crippen LogP contribution in [0.5, 0.6) is 0 Å². The lowest BCUT2D eigenvalue weighted by molar-refractivity contribution is -0.147. The number of Topliss-reactive ketones (excluding diaryl/α,β-unsaturated/α-hetero) is 1. The van der Waals surface area contributed by atoms with E-state index in [-0.39, 0.29) is 31.3 Å². The average Bonchev–Trinajstić information content (AvgIpc) is 3.07. The van der Waals surface area contributed by atoms with Crippen LogP contribution in [0.3, 0.4) is 0 Å². The Labute approximate surface area is 165 Å². The van der Waals surface area contributed by atoms with E-state index in [4.69, 9.17) is 4.74 Å². The van der Waals surface area contributed by atoms with Crippen molar-refractivity contribution in [3.05, 3.63) is 64.7 Å². The molecule has 1 fully saturated rings. The van der Waals surface area contributed by atoms with Gasteiger partial charge in [0.2, 0.25) is 11.7 Å². The van der Waals surface area contributed by atoms with Gasteiger partial charge in [0, 0.05) is 24.2 Å². The van der Waals surface area contributed by atoms with Crippen molar-refractivity contribution >= 4 is 23.3 Å². The van der Waals surface area contributed by atoms with Crippen molar-refractivity contribution in [2.45, 2.75) is 33.6 Å². The van der Waals surface area contributed by atoms with Crippen LogP contribution < -0.4 is 4.90 Å². The zero-order valence-electron chi connectivity index (χ0n) is 16.5.